The van der Waals surface area contributed by atoms with Crippen LogP contribution in [0.3, 0.4) is 0 Å². The zero-order valence-electron chi connectivity index (χ0n) is 12.8. The average Bonchev–Trinajstić information content (AvgIpc) is 2.93. The molecular formula is C16H19N3O2S. The number of nitrogens with one attached hydrogen (secondary N) is 2. The summed E-state index contributed by atoms with van der Waals surface area (Å²) in [5.41, 5.74) is 1.31. The van der Waals surface area contributed by atoms with Gasteiger partial charge in [-0.05, 0) is 0 Å². The van der Waals surface area contributed by atoms with Gasteiger partial charge in [-0.1, -0.05) is 51.1 Å². The molecule has 0 aliphatic rings. The summed E-state index contributed by atoms with van der Waals surface area (Å²) >= 11 is 1.36. The van der Waals surface area contributed by atoms with E-state index in [4.69, 9.17) is 0 Å². The highest BCUT2D eigenvalue weighted by Crippen LogP contribution is 2.24. The molecule has 22 heavy (non-hydrogen) atoms. The Morgan fingerprint density at radius 3 is 2.50 bits per heavy atom. The van der Waals surface area contributed by atoms with Crippen LogP contribution >= 0.6 is 11.3 Å². The van der Waals surface area contributed by atoms with Crippen molar-refractivity contribution in [2.45, 2.75) is 20.8 Å². The van der Waals surface area contributed by atoms with E-state index in [1.807, 2.05) is 35.7 Å². The lowest BCUT2D eigenvalue weighted by Crippen LogP contribution is -2.39. The Kier molecular flexibility index (Phi) is 4.92. The maximum Gasteiger partial charge on any atom is 0.245 e. The summed E-state index contributed by atoms with van der Waals surface area (Å²) in [5.74, 6) is -0.446. The van der Waals surface area contributed by atoms with Gasteiger partial charge < -0.3 is 10.6 Å². The Morgan fingerprint density at radius 2 is 1.86 bits per heavy atom. The highest BCUT2D eigenvalue weighted by atomic mass is 32.1. The van der Waals surface area contributed by atoms with Crippen molar-refractivity contribution >= 4 is 28.3 Å². The van der Waals surface area contributed by atoms with Crippen LogP contribution in [0, 0.1) is 5.41 Å². The van der Waals surface area contributed by atoms with Gasteiger partial charge in [-0.2, -0.15) is 0 Å². The summed E-state index contributed by atoms with van der Waals surface area (Å²) in [7, 11) is 0. The number of amides is 2. The smallest absolute Gasteiger partial charge is 0.245 e. The Hall–Kier alpha value is -2.21. The molecule has 0 saturated carbocycles. The molecule has 2 rings (SSSR count). The average molecular weight is 317 g/mol. The lowest BCUT2D eigenvalue weighted by atomic mass is 9.96. The number of hydrogen-bond acceptors (Lipinski definition) is 4. The van der Waals surface area contributed by atoms with Gasteiger partial charge in [0.25, 0.3) is 0 Å². The minimum absolute atomic E-state index is 0.0592. The monoisotopic (exact) mass is 317 g/mol. The molecule has 1 aromatic carbocycles. The van der Waals surface area contributed by atoms with Gasteiger partial charge in [0, 0.05) is 16.4 Å². The van der Waals surface area contributed by atoms with E-state index in [1.165, 1.54) is 11.3 Å². The number of carbonyl (C=O) groups is 2. The Morgan fingerprint density at radius 1 is 1.18 bits per heavy atom. The summed E-state index contributed by atoms with van der Waals surface area (Å²) in [6, 6.07) is 9.74. The van der Waals surface area contributed by atoms with Crippen molar-refractivity contribution in [3.63, 3.8) is 0 Å². The highest BCUT2D eigenvalue weighted by molar-refractivity contribution is 7.14. The Labute approximate surface area is 133 Å². The third-order valence-electron chi connectivity index (χ3n) is 2.91. The summed E-state index contributed by atoms with van der Waals surface area (Å²) in [4.78, 5) is 27.9. The summed E-state index contributed by atoms with van der Waals surface area (Å²) < 4.78 is 0. The fourth-order valence-corrected chi connectivity index (χ4v) is 2.40. The number of carbonyl (C=O) groups excluding carboxylic acids is 2. The zero-order chi connectivity index (χ0) is 16.2. The van der Waals surface area contributed by atoms with Crippen molar-refractivity contribution in [3.8, 4) is 11.3 Å². The largest absolute Gasteiger partial charge is 0.347 e. The van der Waals surface area contributed by atoms with Crippen LogP contribution in [-0.4, -0.2) is 23.3 Å². The Bertz CT molecular complexity index is 660. The first kappa shape index (κ1) is 16.2. The SMILES string of the molecule is CC(C)(C)C(=O)NCC(=O)Nc1nc(-c2ccccc2)cs1. The maximum atomic E-state index is 11.8. The molecule has 0 saturated heterocycles. The second kappa shape index (κ2) is 6.70. The van der Waals surface area contributed by atoms with E-state index >= 15 is 0 Å². The molecule has 1 aromatic heterocycles. The van der Waals surface area contributed by atoms with Gasteiger partial charge in [0.1, 0.15) is 0 Å². The van der Waals surface area contributed by atoms with Gasteiger partial charge in [-0.25, -0.2) is 4.98 Å². The molecule has 5 nitrogen and oxygen atoms in total. The summed E-state index contributed by atoms with van der Waals surface area (Å²) in [6.45, 7) is 5.34. The van der Waals surface area contributed by atoms with E-state index in [2.05, 4.69) is 15.6 Å². The number of rotatable bonds is 4. The summed E-state index contributed by atoms with van der Waals surface area (Å²) in [6.07, 6.45) is 0. The summed E-state index contributed by atoms with van der Waals surface area (Å²) in [5, 5.41) is 7.71. The molecule has 116 valence electrons. The predicted octanol–water partition coefficient (Wildman–Crippen LogP) is 2.91. The Balaban J connectivity index is 1.91. The van der Waals surface area contributed by atoms with E-state index < -0.39 is 5.41 Å². The first-order valence-corrected chi connectivity index (χ1v) is 7.83. The first-order chi connectivity index (χ1) is 10.4. The number of nitrogens with zero attached hydrogens (tertiary/aromatic N) is 1. The fraction of sp³-hybridized carbons (Fsp3) is 0.312. The lowest BCUT2D eigenvalue weighted by molar-refractivity contribution is -0.130. The van der Waals surface area contributed by atoms with Crippen LogP contribution in [0.25, 0.3) is 11.3 Å². The molecule has 0 spiro atoms. The van der Waals surface area contributed by atoms with Gasteiger partial charge in [0.05, 0.1) is 12.2 Å². The topological polar surface area (TPSA) is 71.1 Å². The third kappa shape index (κ3) is 4.39. The van der Waals surface area contributed by atoms with Crippen LogP contribution in [-0.2, 0) is 9.59 Å². The first-order valence-electron chi connectivity index (χ1n) is 6.95. The second-order valence-corrected chi connectivity index (χ2v) is 6.74. The van der Waals surface area contributed by atoms with Gasteiger partial charge in [-0.15, -0.1) is 11.3 Å². The van der Waals surface area contributed by atoms with Crippen LogP contribution in [0.5, 0.6) is 0 Å². The molecule has 0 aliphatic carbocycles. The van der Waals surface area contributed by atoms with Gasteiger partial charge in [0.2, 0.25) is 11.8 Å². The van der Waals surface area contributed by atoms with Crippen LogP contribution in [0.2, 0.25) is 0 Å². The van der Waals surface area contributed by atoms with Gasteiger partial charge in [0.15, 0.2) is 5.13 Å². The molecule has 0 fully saturated rings. The van der Waals surface area contributed by atoms with Crippen molar-refractivity contribution in [2.75, 3.05) is 11.9 Å². The van der Waals surface area contributed by atoms with Crippen LogP contribution in [0.4, 0.5) is 5.13 Å². The number of benzene rings is 1. The predicted molar refractivity (Wildman–Crippen MR) is 88.6 cm³/mol. The van der Waals surface area contributed by atoms with E-state index in [0.29, 0.717) is 5.13 Å². The van der Waals surface area contributed by atoms with Gasteiger partial charge >= 0.3 is 0 Å². The lowest BCUT2D eigenvalue weighted by Gasteiger charge is -2.17. The molecule has 2 aromatic rings. The molecule has 2 N–H and O–H groups in total. The van der Waals surface area contributed by atoms with E-state index in [1.54, 1.807) is 20.8 Å². The van der Waals surface area contributed by atoms with Crippen molar-refractivity contribution in [3.05, 3.63) is 35.7 Å². The molecule has 0 unspecified atom stereocenters. The van der Waals surface area contributed by atoms with Crippen LogP contribution in [0.15, 0.2) is 35.7 Å². The fourth-order valence-electron chi connectivity index (χ4n) is 1.66. The number of aromatic nitrogens is 1. The van der Waals surface area contributed by atoms with Crippen molar-refractivity contribution in [1.29, 1.82) is 0 Å². The normalized spacial score (nSPS) is 11.0. The molecule has 6 heteroatoms. The number of anilines is 1. The highest BCUT2D eigenvalue weighted by Gasteiger charge is 2.21. The van der Waals surface area contributed by atoms with Crippen molar-refractivity contribution in [2.24, 2.45) is 5.41 Å². The van der Waals surface area contributed by atoms with E-state index in [-0.39, 0.29) is 18.4 Å². The minimum atomic E-state index is -0.512. The molecule has 0 aliphatic heterocycles. The van der Waals surface area contributed by atoms with E-state index in [9.17, 15) is 9.59 Å². The molecular weight excluding hydrogens is 298 g/mol. The van der Waals surface area contributed by atoms with Crippen LogP contribution < -0.4 is 10.6 Å². The molecule has 1 heterocycles. The molecule has 0 radical (unpaired) electrons. The second-order valence-electron chi connectivity index (χ2n) is 5.88. The number of thiazole rings is 1. The van der Waals surface area contributed by atoms with Crippen molar-refractivity contribution < 1.29 is 9.59 Å². The molecule has 0 bridgehead atoms. The standard InChI is InChI=1S/C16H19N3O2S/c1-16(2,3)14(21)17-9-13(20)19-15-18-12(10-22-15)11-7-5-4-6-8-11/h4-8,10H,9H2,1-3H3,(H,17,21)(H,18,19,20). The maximum absolute atomic E-state index is 11.8. The third-order valence-corrected chi connectivity index (χ3v) is 3.67. The van der Waals surface area contributed by atoms with Crippen molar-refractivity contribution in [1.82, 2.24) is 10.3 Å². The molecule has 0 atom stereocenters. The van der Waals surface area contributed by atoms with Gasteiger partial charge in [-0.3, -0.25) is 9.59 Å². The molecule has 2 amide bonds. The van der Waals surface area contributed by atoms with E-state index in [0.717, 1.165) is 11.3 Å². The minimum Gasteiger partial charge on any atom is -0.347 e. The number of hydrogen-bond donors (Lipinski definition) is 2. The zero-order valence-corrected chi connectivity index (χ0v) is 13.7. The van der Waals surface area contributed by atoms with Crippen LogP contribution in [0.1, 0.15) is 20.8 Å². The quantitative estimate of drug-likeness (QED) is 0.911.